The Hall–Kier alpha value is -2.62. The minimum Gasteiger partial charge on any atom is -0.494 e. The van der Waals surface area contributed by atoms with Crippen LogP contribution in [0.15, 0.2) is 54.6 Å². The molecule has 24 heavy (non-hydrogen) atoms. The molecule has 0 atom stereocenters. The number of carbonyl (C=O) groups excluding carboxylic acids is 2. The van der Waals surface area contributed by atoms with Gasteiger partial charge in [0.1, 0.15) is 5.75 Å². The number of rotatable bonds is 8. The molecule has 0 aliphatic rings. The van der Waals surface area contributed by atoms with Gasteiger partial charge in [-0.3, -0.25) is 9.59 Å². The van der Waals surface area contributed by atoms with Gasteiger partial charge in [0.15, 0.2) is 5.78 Å². The molecule has 0 unspecified atom stereocenters. The summed E-state index contributed by atoms with van der Waals surface area (Å²) < 4.78 is 5.61. The largest absolute Gasteiger partial charge is 0.494 e. The highest BCUT2D eigenvalue weighted by Gasteiger charge is 2.09. The number of carbonyl (C=O) groups is 2. The maximum atomic E-state index is 12.1. The number of hydrogen-bond donors (Lipinski definition) is 0. The molecule has 0 aliphatic heterocycles. The Labute approximate surface area is 143 Å². The minimum atomic E-state index is 0.0357. The molecule has 0 bridgehead atoms. The van der Waals surface area contributed by atoms with E-state index < -0.39 is 0 Å². The summed E-state index contributed by atoms with van der Waals surface area (Å²) in [4.78, 5) is 25.0. The van der Waals surface area contributed by atoms with Crippen LogP contribution in [-0.2, 0) is 11.3 Å². The molecule has 0 spiro atoms. The molecule has 0 fully saturated rings. The summed E-state index contributed by atoms with van der Waals surface area (Å²) in [5.41, 5.74) is 1.79. The van der Waals surface area contributed by atoms with Crippen molar-refractivity contribution in [2.24, 2.45) is 0 Å². The van der Waals surface area contributed by atoms with E-state index in [0.29, 0.717) is 37.3 Å². The summed E-state index contributed by atoms with van der Waals surface area (Å²) in [7, 11) is 1.82. The predicted molar refractivity (Wildman–Crippen MR) is 94.1 cm³/mol. The summed E-state index contributed by atoms with van der Waals surface area (Å²) in [6.45, 7) is 2.63. The Kier molecular flexibility index (Phi) is 6.55. The van der Waals surface area contributed by atoms with E-state index in [0.717, 1.165) is 5.56 Å². The Morgan fingerprint density at radius 3 is 2.29 bits per heavy atom. The molecule has 4 heteroatoms. The van der Waals surface area contributed by atoms with Crippen molar-refractivity contribution in [2.75, 3.05) is 13.7 Å². The second-order valence-corrected chi connectivity index (χ2v) is 5.77. The van der Waals surface area contributed by atoms with Crippen LogP contribution in [-0.4, -0.2) is 30.2 Å². The summed E-state index contributed by atoms with van der Waals surface area (Å²) in [5, 5.41) is 0. The second-order valence-electron chi connectivity index (χ2n) is 5.77. The first-order valence-electron chi connectivity index (χ1n) is 8.08. The average molecular weight is 325 g/mol. The molecule has 2 aromatic carbocycles. The average Bonchev–Trinajstić information content (AvgIpc) is 2.59. The molecular weight excluding hydrogens is 302 g/mol. The third kappa shape index (κ3) is 5.54. The lowest BCUT2D eigenvalue weighted by atomic mass is 10.1. The number of amides is 1. The Bertz CT molecular complexity index is 665. The van der Waals surface area contributed by atoms with E-state index in [1.165, 1.54) is 6.92 Å². The molecule has 0 radical (unpaired) electrons. The lowest BCUT2D eigenvalue weighted by Gasteiger charge is -2.17. The smallest absolute Gasteiger partial charge is 0.222 e. The topological polar surface area (TPSA) is 46.6 Å². The van der Waals surface area contributed by atoms with Gasteiger partial charge < -0.3 is 9.64 Å². The van der Waals surface area contributed by atoms with Crippen LogP contribution in [0.2, 0.25) is 0 Å². The fourth-order valence-corrected chi connectivity index (χ4v) is 2.34. The van der Waals surface area contributed by atoms with Gasteiger partial charge in [0.2, 0.25) is 5.91 Å². The molecule has 0 aromatic heterocycles. The zero-order chi connectivity index (χ0) is 17.4. The van der Waals surface area contributed by atoms with Gasteiger partial charge in [-0.15, -0.1) is 0 Å². The monoisotopic (exact) mass is 325 g/mol. The lowest BCUT2D eigenvalue weighted by molar-refractivity contribution is -0.130. The standard InChI is InChI=1S/C20H23NO3/c1-16(22)18-10-12-19(13-11-18)24-14-6-9-20(23)21(2)15-17-7-4-3-5-8-17/h3-5,7-8,10-13H,6,9,14-15H2,1-2H3. The molecule has 0 N–H and O–H groups in total. The van der Waals surface area contributed by atoms with Crippen molar-refractivity contribution < 1.29 is 14.3 Å². The molecule has 126 valence electrons. The maximum absolute atomic E-state index is 12.1. The molecule has 0 saturated carbocycles. The van der Waals surface area contributed by atoms with Crippen LogP contribution < -0.4 is 4.74 Å². The predicted octanol–water partition coefficient (Wildman–Crippen LogP) is 3.71. The molecule has 2 rings (SSSR count). The zero-order valence-electron chi connectivity index (χ0n) is 14.2. The zero-order valence-corrected chi connectivity index (χ0v) is 14.2. The number of ether oxygens (including phenoxy) is 1. The Balaban J connectivity index is 1.69. The van der Waals surface area contributed by atoms with Gasteiger partial charge in [-0.25, -0.2) is 0 Å². The Morgan fingerprint density at radius 1 is 1.00 bits per heavy atom. The quantitative estimate of drug-likeness (QED) is 0.549. The summed E-state index contributed by atoms with van der Waals surface area (Å²) in [6.07, 6.45) is 1.11. The number of ketones is 1. The van der Waals surface area contributed by atoms with Crippen molar-refractivity contribution in [1.29, 1.82) is 0 Å². The van der Waals surface area contributed by atoms with Gasteiger partial charge in [-0.2, -0.15) is 0 Å². The highest BCUT2D eigenvalue weighted by Crippen LogP contribution is 2.13. The first-order valence-corrected chi connectivity index (χ1v) is 8.08. The van der Waals surface area contributed by atoms with Gasteiger partial charge in [0.05, 0.1) is 6.61 Å². The third-order valence-corrected chi connectivity index (χ3v) is 3.75. The van der Waals surface area contributed by atoms with E-state index >= 15 is 0 Å². The molecule has 1 amide bonds. The van der Waals surface area contributed by atoms with Crippen LogP contribution in [0, 0.1) is 0 Å². The summed E-state index contributed by atoms with van der Waals surface area (Å²) >= 11 is 0. The van der Waals surface area contributed by atoms with Gasteiger partial charge in [0, 0.05) is 25.6 Å². The van der Waals surface area contributed by atoms with E-state index in [1.807, 2.05) is 37.4 Å². The van der Waals surface area contributed by atoms with Gasteiger partial charge >= 0.3 is 0 Å². The van der Waals surface area contributed by atoms with Gasteiger partial charge in [-0.1, -0.05) is 30.3 Å². The van der Waals surface area contributed by atoms with E-state index in [9.17, 15) is 9.59 Å². The second kappa shape index (κ2) is 8.87. The number of hydrogen-bond acceptors (Lipinski definition) is 3. The van der Waals surface area contributed by atoms with E-state index in [2.05, 4.69) is 0 Å². The summed E-state index contributed by atoms with van der Waals surface area (Å²) in [5.74, 6) is 0.855. The fraction of sp³-hybridized carbons (Fsp3) is 0.300. The van der Waals surface area contributed by atoms with Gasteiger partial charge in [-0.05, 0) is 43.2 Å². The van der Waals surface area contributed by atoms with Crippen LogP contribution in [0.3, 0.4) is 0 Å². The number of Topliss-reactive ketones (excluding diaryl/α,β-unsaturated/α-hetero) is 1. The molecular formula is C20H23NO3. The van der Waals surface area contributed by atoms with Crippen molar-refractivity contribution in [1.82, 2.24) is 4.90 Å². The van der Waals surface area contributed by atoms with Crippen LogP contribution >= 0.6 is 0 Å². The van der Waals surface area contributed by atoms with Crippen molar-refractivity contribution in [3.05, 3.63) is 65.7 Å². The first kappa shape index (κ1) is 17.7. The summed E-state index contributed by atoms with van der Waals surface area (Å²) in [6, 6.07) is 17.0. The molecule has 4 nitrogen and oxygen atoms in total. The molecule has 0 aliphatic carbocycles. The number of benzene rings is 2. The first-order chi connectivity index (χ1) is 11.6. The highest BCUT2D eigenvalue weighted by molar-refractivity contribution is 5.94. The fourth-order valence-electron chi connectivity index (χ4n) is 2.34. The normalized spacial score (nSPS) is 10.2. The molecule has 2 aromatic rings. The SMILES string of the molecule is CC(=O)c1ccc(OCCCC(=O)N(C)Cc2ccccc2)cc1. The highest BCUT2D eigenvalue weighted by atomic mass is 16.5. The van der Waals surface area contributed by atoms with E-state index in [-0.39, 0.29) is 11.7 Å². The molecule has 0 heterocycles. The molecule has 0 saturated heterocycles. The van der Waals surface area contributed by atoms with Crippen LogP contribution in [0.1, 0.15) is 35.7 Å². The van der Waals surface area contributed by atoms with Gasteiger partial charge in [0.25, 0.3) is 0 Å². The van der Waals surface area contributed by atoms with E-state index in [1.54, 1.807) is 29.2 Å². The number of nitrogens with zero attached hydrogens (tertiary/aromatic N) is 1. The van der Waals surface area contributed by atoms with Crippen molar-refractivity contribution in [3.8, 4) is 5.75 Å². The minimum absolute atomic E-state index is 0.0357. The van der Waals surface area contributed by atoms with Crippen molar-refractivity contribution >= 4 is 11.7 Å². The van der Waals surface area contributed by atoms with Crippen LogP contribution in [0.4, 0.5) is 0 Å². The van der Waals surface area contributed by atoms with Crippen LogP contribution in [0.5, 0.6) is 5.75 Å². The maximum Gasteiger partial charge on any atom is 0.222 e. The van der Waals surface area contributed by atoms with Crippen molar-refractivity contribution in [3.63, 3.8) is 0 Å². The van der Waals surface area contributed by atoms with E-state index in [4.69, 9.17) is 4.74 Å². The van der Waals surface area contributed by atoms with Crippen molar-refractivity contribution in [2.45, 2.75) is 26.3 Å². The third-order valence-electron chi connectivity index (χ3n) is 3.75. The Morgan fingerprint density at radius 2 is 1.67 bits per heavy atom. The lowest BCUT2D eigenvalue weighted by Crippen LogP contribution is -2.26. The van der Waals surface area contributed by atoms with Crippen LogP contribution in [0.25, 0.3) is 0 Å².